The zero-order valence-corrected chi connectivity index (χ0v) is 16.2. The minimum Gasteiger partial charge on any atom is -0.481 e. The van der Waals surface area contributed by atoms with Gasteiger partial charge < -0.3 is 24.4 Å². The molecule has 1 aromatic rings. The molecule has 0 radical (unpaired) electrons. The van der Waals surface area contributed by atoms with E-state index in [0.717, 1.165) is 24.3 Å². The molecule has 0 saturated carbocycles. The van der Waals surface area contributed by atoms with E-state index < -0.39 is 11.6 Å². The molecule has 2 heterocycles. The molecule has 2 aliphatic heterocycles. The highest BCUT2D eigenvalue weighted by atomic mass is 16.6. The Kier molecular flexibility index (Phi) is 5.60. The molecule has 2 fully saturated rings. The van der Waals surface area contributed by atoms with Gasteiger partial charge in [-0.3, -0.25) is 4.79 Å². The SMILES string of the molecule is CC(C)(C)OC(=O)N1CC(C2CN(c3ccc(CC(=O)O)cc3)CCO2)C1. The maximum absolute atomic E-state index is 12.1. The van der Waals surface area contributed by atoms with Crippen molar-refractivity contribution < 1.29 is 24.2 Å². The molecule has 0 aliphatic carbocycles. The van der Waals surface area contributed by atoms with Gasteiger partial charge in [-0.25, -0.2) is 4.79 Å². The lowest BCUT2D eigenvalue weighted by atomic mass is 9.92. The molecule has 0 bridgehead atoms. The van der Waals surface area contributed by atoms with E-state index in [-0.39, 0.29) is 18.6 Å². The van der Waals surface area contributed by atoms with Gasteiger partial charge in [-0.05, 0) is 38.5 Å². The minimum atomic E-state index is -0.825. The van der Waals surface area contributed by atoms with Crippen LogP contribution in [0.3, 0.4) is 0 Å². The Labute approximate surface area is 159 Å². The van der Waals surface area contributed by atoms with Crippen LogP contribution in [0.25, 0.3) is 0 Å². The number of hydrogen-bond donors (Lipinski definition) is 1. The molecule has 1 unspecified atom stereocenters. The number of carboxylic acid groups (broad SMARTS) is 1. The predicted octanol–water partition coefficient (Wildman–Crippen LogP) is 2.39. The molecule has 0 aromatic heterocycles. The lowest BCUT2D eigenvalue weighted by Gasteiger charge is -2.46. The summed E-state index contributed by atoms with van der Waals surface area (Å²) >= 11 is 0. The van der Waals surface area contributed by atoms with Crippen molar-refractivity contribution in [2.24, 2.45) is 5.92 Å². The normalized spacial score (nSPS) is 20.9. The molecule has 3 rings (SSSR count). The van der Waals surface area contributed by atoms with Crippen LogP contribution < -0.4 is 4.90 Å². The number of carboxylic acids is 1. The topological polar surface area (TPSA) is 79.3 Å². The molecule has 2 saturated heterocycles. The van der Waals surface area contributed by atoms with Gasteiger partial charge in [-0.1, -0.05) is 12.1 Å². The van der Waals surface area contributed by atoms with Crippen LogP contribution in [-0.4, -0.2) is 66.6 Å². The summed E-state index contributed by atoms with van der Waals surface area (Å²) in [6.07, 6.45) is -0.147. The quantitative estimate of drug-likeness (QED) is 0.869. The van der Waals surface area contributed by atoms with Crippen molar-refractivity contribution in [2.45, 2.75) is 38.9 Å². The smallest absolute Gasteiger partial charge is 0.410 e. The van der Waals surface area contributed by atoms with Crippen LogP contribution in [0.4, 0.5) is 10.5 Å². The van der Waals surface area contributed by atoms with Gasteiger partial charge in [0.15, 0.2) is 0 Å². The number of ether oxygens (including phenoxy) is 2. The fourth-order valence-corrected chi connectivity index (χ4v) is 3.42. The number of rotatable bonds is 4. The lowest BCUT2D eigenvalue weighted by molar-refractivity contribution is -0.136. The van der Waals surface area contributed by atoms with E-state index in [1.54, 1.807) is 4.90 Å². The molecular formula is C20H28N2O5. The average Bonchev–Trinajstić information content (AvgIpc) is 2.52. The Balaban J connectivity index is 1.52. The van der Waals surface area contributed by atoms with Gasteiger partial charge in [0, 0.05) is 37.8 Å². The first kappa shape index (κ1) is 19.5. The van der Waals surface area contributed by atoms with Gasteiger partial charge in [-0.15, -0.1) is 0 Å². The minimum absolute atomic E-state index is 0.0363. The zero-order chi connectivity index (χ0) is 19.6. The van der Waals surface area contributed by atoms with Crippen LogP contribution in [0.1, 0.15) is 26.3 Å². The summed E-state index contributed by atoms with van der Waals surface area (Å²) < 4.78 is 11.3. The molecule has 2 aliphatic rings. The second kappa shape index (κ2) is 7.76. The van der Waals surface area contributed by atoms with Crippen molar-refractivity contribution >= 4 is 17.7 Å². The maximum atomic E-state index is 12.1. The van der Waals surface area contributed by atoms with Crippen molar-refractivity contribution in [1.29, 1.82) is 0 Å². The van der Waals surface area contributed by atoms with E-state index >= 15 is 0 Å². The van der Waals surface area contributed by atoms with Crippen LogP contribution in [0, 0.1) is 5.92 Å². The number of morpholine rings is 1. The molecule has 1 N–H and O–H groups in total. The van der Waals surface area contributed by atoms with Gasteiger partial charge >= 0.3 is 12.1 Å². The van der Waals surface area contributed by atoms with Crippen molar-refractivity contribution in [2.75, 3.05) is 37.7 Å². The summed E-state index contributed by atoms with van der Waals surface area (Å²) in [6.45, 7) is 9.13. The lowest BCUT2D eigenvalue weighted by Crippen LogP contribution is -2.59. The number of likely N-dealkylation sites (tertiary alicyclic amines) is 1. The first-order valence-corrected chi connectivity index (χ1v) is 9.36. The summed E-state index contributed by atoms with van der Waals surface area (Å²) in [7, 11) is 0. The fraction of sp³-hybridized carbons (Fsp3) is 0.600. The van der Waals surface area contributed by atoms with Gasteiger partial charge in [0.2, 0.25) is 0 Å². The Morgan fingerprint density at radius 3 is 2.44 bits per heavy atom. The molecule has 7 nitrogen and oxygen atoms in total. The summed E-state index contributed by atoms with van der Waals surface area (Å²) in [5.41, 5.74) is 1.39. The highest BCUT2D eigenvalue weighted by molar-refractivity contribution is 5.70. The third-order valence-electron chi connectivity index (χ3n) is 4.84. The number of carbonyl (C=O) groups excluding carboxylic acids is 1. The van der Waals surface area contributed by atoms with E-state index in [0.29, 0.717) is 25.6 Å². The van der Waals surface area contributed by atoms with Crippen molar-refractivity contribution in [3.63, 3.8) is 0 Å². The molecule has 1 amide bonds. The second-order valence-electron chi connectivity index (χ2n) is 8.24. The molecule has 27 heavy (non-hydrogen) atoms. The predicted molar refractivity (Wildman–Crippen MR) is 101 cm³/mol. The number of aliphatic carboxylic acids is 1. The number of nitrogens with zero attached hydrogens (tertiary/aromatic N) is 2. The Bertz CT molecular complexity index is 677. The van der Waals surface area contributed by atoms with Crippen molar-refractivity contribution in [3.05, 3.63) is 29.8 Å². The largest absolute Gasteiger partial charge is 0.481 e. The van der Waals surface area contributed by atoms with Crippen LogP contribution >= 0.6 is 0 Å². The van der Waals surface area contributed by atoms with E-state index in [2.05, 4.69) is 4.90 Å². The molecule has 0 spiro atoms. The number of hydrogen-bond acceptors (Lipinski definition) is 5. The molecule has 1 aromatic carbocycles. The third kappa shape index (κ3) is 5.13. The fourth-order valence-electron chi connectivity index (χ4n) is 3.42. The van der Waals surface area contributed by atoms with Crippen LogP contribution in [0.2, 0.25) is 0 Å². The van der Waals surface area contributed by atoms with Gasteiger partial charge in [0.05, 0.1) is 19.1 Å². The van der Waals surface area contributed by atoms with Gasteiger partial charge in [0.25, 0.3) is 0 Å². The van der Waals surface area contributed by atoms with E-state index in [4.69, 9.17) is 14.6 Å². The van der Waals surface area contributed by atoms with Crippen LogP contribution in [-0.2, 0) is 20.7 Å². The Morgan fingerprint density at radius 2 is 1.85 bits per heavy atom. The highest BCUT2D eigenvalue weighted by Gasteiger charge is 2.40. The van der Waals surface area contributed by atoms with Gasteiger partial charge in [-0.2, -0.15) is 0 Å². The third-order valence-corrected chi connectivity index (χ3v) is 4.84. The molecular weight excluding hydrogens is 348 g/mol. The van der Waals surface area contributed by atoms with Crippen molar-refractivity contribution in [3.8, 4) is 0 Å². The van der Waals surface area contributed by atoms with E-state index in [9.17, 15) is 9.59 Å². The number of carbonyl (C=O) groups is 2. The summed E-state index contributed by atoms with van der Waals surface area (Å²) in [5.74, 6) is -0.514. The maximum Gasteiger partial charge on any atom is 0.410 e. The Morgan fingerprint density at radius 1 is 1.19 bits per heavy atom. The highest BCUT2D eigenvalue weighted by Crippen LogP contribution is 2.28. The summed E-state index contributed by atoms with van der Waals surface area (Å²) in [4.78, 5) is 26.9. The van der Waals surface area contributed by atoms with Crippen LogP contribution in [0.5, 0.6) is 0 Å². The van der Waals surface area contributed by atoms with E-state index in [1.807, 2.05) is 45.0 Å². The van der Waals surface area contributed by atoms with Gasteiger partial charge in [0.1, 0.15) is 5.60 Å². The molecule has 1 atom stereocenters. The summed E-state index contributed by atoms with van der Waals surface area (Å²) in [5, 5.41) is 8.87. The summed E-state index contributed by atoms with van der Waals surface area (Å²) in [6, 6.07) is 7.66. The first-order valence-electron chi connectivity index (χ1n) is 9.36. The van der Waals surface area contributed by atoms with Crippen LogP contribution in [0.15, 0.2) is 24.3 Å². The zero-order valence-electron chi connectivity index (χ0n) is 16.2. The van der Waals surface area contributed by atoms with Crippen molar-refractivity contribution in [1.82, 2.24) is 4.90 Å². The number of amides is 1. The average molecular weight is 376 g/mol. The molecule has 7 heteroatoms. The number of benzene rings is 1. The second-order valence-corrected chi connectivity index (χ2v) is 8.24. The first-order chi connectivity index (χ1) is 12.7. The standard InChI is InChI=1S/C20H28N2O5/c1-20(2,3)27-19(25)22-11-15(12-22)17-13-21(8-9-26-17)16-6-4-14(5-7-16)10-18(23)24/h4-7,15,17H,8-13H2,1-3H3,(H,23,24). The number of anilines is 1. The van der Waals surface area contributed by atoms with E-state index in [1.165, 1.54) is 0 Å². The Hall–Kier alpha value is -2.28. The monoisotopic (exact) mass is 376 g/mol. The molecule has 148 valence electrons.